The van der Waals surface area contributed by atoms with Gasteiger partial charge in [0.2, 0.25) is 0 Å². The van der Waals surface area contributed by atoms with Gasteiger partial charge in [-0.05, 0) is 50.2 Å². The average molecular weight is 366 g/mol. The molecule has 2 aromatic heterocycles. The third-order valence-corrected chi connectivity index (χ3v) is 4.49. The fraction of sp³-hybridized carbons (Fsp3) is 0.100. The van der Waals surface area contributed by atoms with Crippen LogP contribution in [0.5, 0.6) is 0 Å². The van der Waals surface area contributed by atoms with E-state index in [1.165, 1.54) is 6.07 Å². The Labute approximate surface area is 155 Å². The lowest BCUT2D eigenvalue weighted by atomic mass is 10.2. The summed E-state index contributed by atoms with van der Waals surface area (Å²) in [6, 6.07) is 17.2. The van der Waals surface area contributed by atoms with Gasteiger partial charge in [-0.2, -0.15) is 10.2 Å². The second kappa shape index (κ2) is 6.42. The van der Waals surface area contributed by atoms with E-state index in [4.69, 9.17) is 11.6 Å². The van der Waals surface area contributed by atoms with Gasteiger partial charge in [-0.25, -0.2) is 13.8 Å². The van der Waals surface area contributed by atoms with E-state index in [-0.39, 0.29) is 5.82 Å². The highest BCUT2D eigenvalue weighted by atomic mass is 35.5. The fourth-order valence-electron chi connectivity index (χ4n) is 2.89. The largest absolute Gasteiger partial charge is 0.237 e. The second-order valence-corrected chi connectivity index (χ2v) is 6.39. The Morgan fingerprint density at radius 2 is 1.73 bits per heavy atom. The number of nitrogens with zero attached hydrogens (tertiary/aromatic N) is 4. The Morgan fingerprint density at radius 1 is 1.00 bits per heavy atom. The number of rotatable bonds is 3. The summed E-state index contributed by atoms with van der Waals surface area (Å²) < 4.78 is 17.5. The minimum Gasteiger partial charge on any atom is -0.237 e. The molecule has 0 saturated heterocycles. The summed E-state index contributed by atoms with van der Waals surface area (Å²) in [5, 5.41) is 9.66. The monoisotopic (exact) mass is 365 g/mol. The summed E-state index contributed by atoms with van der Waals surface area (Å²) in [6.07, 6.45) is 1.74. The summed E-state index contributed by atoms with van der Waals surface area (Å²) in [4.78, 5) is 0. The number of benzene rings is 2. The zero-order valence-electron chi connectivity index (χ0n) is 14.2. The number of halogens is 2. The van der Waals surface area contributed by atoms with Crippen molar-refractivity contribution in [2.24, 2.45) is 0 Å². The van der Waals surface area contributed by atoms with Crippen LogP contribution in [-0.4, -0.2) is 19.6 Å². The van der Waals surface area contributed by atoms with Crippen LogP contribution in [0.25, 0.3) is 22.6 Å². The number of para-hydroxylation sites is 1. The molecule has 2 aromatic carbocycles. The standard InChI is InChI=1S/C20H15ClFN4/c1-13-11-19(24-25(13)20-6-4-3-5-18(20)22)17-12-23-26(14(17)2)16-9-7-15(21)8-10-16/h3-10,12H,1-2H3. The molecule has 0 bridgehead atoms. The highest BCUT2D eigenvalue weighted by Gasteiger charge is 2.16. The van der Waals surface area contributed by atoms with Crippen molar-refractivity contribution in [3.8, 4) is 22.6 Å². The van der Waals surface area contributed by atoms with Crippen LogP contribution in [0.1, 0.15) is 11.4 Å². The van der Waals surface area contributed by atoms with E-state index < -0.39 is 0 Å². The molecule has 129 valence electrons. The summed E-state index contributed by atoms with van der Waals surface area (Å²) in [6.45, 7) is 3.81. The number of aromatic nitrogens is 4. The molecule has 0 spiro atoms. The summed E-state index contributed by atoms with van der Waals surface area (Å²) in [5.74, 6) is -0.327. The average Bonchev–Trinajstić information content (AvgIpc) is 3.19. The van der Waals surface area contributed by atoms with Crippen LogP contribution < -0.4 is 0 Å². The molecule has 0 atom stereocenters. The lowest BCUT2D eigenvalue weighted by molar-refractivity contribution is 0.609. The van der Waals surface area contributed by atoms with Crippen molar-refractivity contribution < 1.29 is 4.39 Å². The lowest BCUT2D eigenvalue weighted by Crippen LogP contribution is -2.01. The van der Waals surface area contributed by atoms with Gasteiger partial charge in [0.05, 0.1) is 17.6 Å². The van der Waals surface area contributed by atoms with E-state index in [1.54, 1.807) is 29.1 Å². The fourth-order valence-corrected chi connectivity index (χ4v) is 3.01. The Morgan fingerprint density at radius 3 is 2.46 bits per heavy atom. The van der Waals surface area contributed by atoms with Gasteiger partial charge in [0.1, 0.15) is 17.2 Å². The van der Waals surface area contributed by atoms with Gasteiger partial charge in [-0.3, -0.25) is 0 Å². The Hall–Kier alpha value is -2.92. The minimum atomic E-state index is -0.327. The van der Waals surface area contributed by atoms with Gasteiger partial charge in [0, 0.05) is 22.3 Å². The maximum absolute atomic E-state index is 14.1. The van der Waals surface area contributed by atoms with Gasteiger partial charge in [-0.15, -0.1) is 0 Å². The molecule has 2 heterocycles. The smallest absolute Gasteiger partial charge is 0.148 e. The molecule has 0 N–H and O–H groups in total. The Kier molecular flexibility index (Phi) is 4.09. The van der Waals surface area contributed by atoms with Crippen LogP contribution in [0.2, 0.25) is 5.02 Å². The number of hydrogen-bond acceptors (Lipinski definition) is 2. The van der Waals surface area contributed by atoms with Gasteiger partial charge >= 0.3 is 0 Å². The number of hydrogen-bond donors (Lipinski definition) is 0. The first-order chi connectivity index (χ1) is 12.5. The van der Waals surface area contributed by atoms with Crippen LogP contribution in [0, 0.1) is 25.7 Å². The SMILES string of the molecule is Cc1[c]c(-c2cnn(-c3ccc(Cl)cc3)c2C)nn1-c1ccccc1F. The molecule has 1 radical (unpaired) electrons. The van der Waals surface area contributed by atoms with Crippen LogP contribution in [0.3, 0.4) is 0 Å². The van der Waals surface area contributed by atoms with E-state index in [0.717, 1.165) is 22.6 Å². The number of aryl methyl sites for hydroxylation is 1. The van der Waals surface area contributed by atoms with Gasteiger partial charge in [-0.1, -0.05) is 23.7 Å². The summed E-state index contributed by atoms with van der Waals surface area (Å²) >= 11 is 5.95. The van der Waals surface area contributed by atoms with Gasteiger partial charge < -0.3 is 0 Å². The third kappa shape index (κ3) is 2.80. The summed E-state index contributed by atoms with van der Waals surface area (Å²) in [7, 11) is 0. The Balaban J connectivity index is 1.77. The molecule has 0 aliphatic carbocycles. The van der Waals surface area contributed by atoms with Crippen molar-refractivity contribution in [2.75, 3.05) is 0 Å². The molecule has 0 fully saturated rings. The zero-order valence-corrected chi connectivity index (χ0v) is 15.0. The third-order valence-electron chi connectivity index (χ3n) is 4.23. The highest BCUT2D eigenvalue weighted by molar-refractivity contribution is 6.30. The van der Waals surface area contributed by atoms with E-state index in [2.05, 4.69) is 16.3 Å². The maximum Gasteiger partial charge on any atom is 0.148 e. The van der Waals surface area contributed by atoms with Gasteiger partial charge in [0.25, 0.3) is 0 Å². The van der Waals surface area contributed by atoms with Crippen molar-refractivity contribution in [1.82, 2.24) is 19.6 Å². The van der Waals surface area contributed by atoms with Crippen molar-refractivity contribution in [3.05, 3.63) is 83.0 Å². The predicted octanol–water partition coefficient (Wildman–Crippen LogP) is 4.93. The zero-order chi connectivity index (χ0) is 18.3. The topological polar surface area (TPSA) is 35.6 Å². The van der Waals surface area contributed by atoms with E-state index >= 15 is 0 Å². The molecular weight excluding hydrogens is 351 g/mol. The molecule has 0 unspecified atom stereocenters. The molecule has 4 nitrogen and oxygen atoms in total. The molecule has 0 amide bonds. The predicted molar refractivity (Wildman–Crippen MR) is 99.4 cm³/mol. The second-order valence-electron chi connectivity index (χ2n) is 5.95. The van der Waals surface area contributed by atoms with Crippen LogP contribution in [0.4, 0.5) is 4.39 Å². The van der Waals surface area contributed by atoms with Crippen LogP contribution >= 0.6 is 11.6 Å². The minimum absolute atomic E-state index is 0.327. The molecule has 0 aliphatic heterocycles. The first kappa shape index (κ1) is 16.5. The molecule has 0 aliphatic rings. The lowest BCUT2D eigenvalue weighted by Gasteiger charge is -2.05. The van der Waals surface area contributed by atoms with Crippen molar-refractivity contribution >= 4 is 11.6 Å². The van der Waals surface area contributed by atoms with Crippen molar-refractivity contribution in [3.63, 3.8) is 0 Å². The molecule has 0 saturated carbocycles. The molecule has 6 heteroatoms. The maximum atomic E-state index is 14.1. The molecular formula is C20H15ClFN4. The van der Waals surface area contributed by atoms with E-state index in [9.17, 15) is 4.39 Å². The van der Waals surface area contributed by atoms with E-state index in [1.807, 2.05) is 42.8 Å². The highest BCUT2D eigenvalue weighted by Crippen LogP contribution is 2.26. The first-order valence-electron chi connectivity index (χ1n) is 8.09. The quantitative estimate of drug-likeness (QED) is 0.515. The van der Waals surface area contributed by atoms with Crippen molar-refractivity contribution in [1.29, 1.82) is 0 Å². The first-order valence-corrected chi connectivity index (χ1v) is 8.47. The normalized spacial score (nSPS) is 11.1. The summed E-state index contributed by atoms with van der Waals surface area (Å²) in [5.41, 5.74) is 4.42. The van der Waals surface area contributed by atoms with Crippen molar-refractivity contribution in [2.45, 2.75) is 13.8 Å². The van der Waals surface area contributed by atoms with Crippen LogP contribution in [0.15, 0.2) is 54.7 Å². The Bertz CT molecular complexity index is 1080. The van der Waals surface area contributed by atoms with E-state index in [0.29, 0.717) is 16.4 Å². The molecule has 26 heavy (non-hydrogen) atoms. The van der Waals surface area contributed by atoms with Crippen LogP contribution in [-0.2, 0) is 0 Å². The molecule has 4 aromatic rings. The van der Waals surface area contributed by atoms with Gasteiger partial charge in [0.15, 0.2) is 0 Å². The molecule has 4 rings (SSSR count).